The number of halogens is 1. The topological polar surface area (TPSA) is 46.7 Å². The Kier molecular flexibility index (Phi) is 1.47. The molecule has 0 N–H and O–H groups in total. The normalized spacial score (nSPS) is 44.1. The summed E-state index contributed by atoms with van der Waals surface area (Å²) in [5.74, 6) is -0.0177. The lowest BCUT2D eigenvalue weighted by Gasteiger charge is -2.25. The number of epoxide rings is 1. The predicted molar refractivity (Wildman–Crippen MR) is 67.4 cm³/mol. The highest BCUT2D eigenvalue weighted by Gasteiger charge is 2.89. The molecular formula is C15H9ClO3. The Bertz CT molecular complexity index is 722. The minimum Gasteiger partial charge on any atom is -0.344 e. The Labute approximate surface area is 114 Å². The Hall–Kier alpha value is -1.45. The van der Waals surface area contributed by atoms with Crippen molar-refractivity contribution in [2.45, 2.75) is 17.6 Å². The maximum absolute atomic E-state index is 12.8. The molecule has 94 valence electrons. The highest BCUT2D eigenvalue weighted by molar-refractivity contribution is 6.32. The van der Waals surface area contributed by atoms with Crippen molar-refractivity contribution in [1.29, 1.82) is 0 Å². The fourth-order valence-electron chi connectivity index (χ4n) is 4.30. The molecule has 0 radical (unpaired) electrons. The van der Waals surface area contributed by atoms with Gasteiger partial charge in [0.05, 0.1) is 0 Å². The molecule has 4 atom stereocenters. The summed E-state index contributed by atoms with van der Waals surface area (Å²) >= 11 is 5.95. The van der Waals surface area contributed by atoms with Gasteiger partial charge in [0.25, 0.3) is 0 Å². The predicted octanol–water partition coefficient (Wildman–Crippen LogP) is 2.43. The second-order valence-corrected chi connectivity index (χ2v) is 6.19. The minimum absolute atomic E-state index is 0.0427. The van der Waals surface area contributed by atoms with Gasteiger partial charge in [0.1, 0.15) is 0 Å². The van der Waals surface area contributed by atoms with Gasteiger partial charge < -0.3 is 4.74 Å². The Balaban J connectivity index is 1.83. The minimum atomic E-state index is -0.915. The van der Waals surface area contributed by atoms with Gasteiger partial charge in [0.2, 0.25) is 0 Å². The van der Waals surface area contributed by atoms with E-state index in [1.54, 1.807) is 18.2 Å². The van der Waals surface area contributed by atoms with Gasteiger partial charge in [-0.15, -0.1) is 0 Å². The van der Waals surface area contributed by atoms with Crippen LogP contribution in [-0.4, -0.2) is 22.8 Å². The summed E-state index contributed by atoms with van der Waals surface area (Å²) < 4.78 is 5.82. The van der Waals surface area contributed by atoms with Crippen LogP contribution in [0.25, 0.3) is 0 Å². The number of carbonyl (C=O) groups excluding carboxylic acids is 2. The van der Waals surface area contributed by atoms with Crippen LogP contribution in [0, 0.1) is 11.8 Å². The zero-order chi connectivity index (χ0) is 13.0. The summed E-state index contributed by atoms with van der Waals surface area (Å²) in [6.45, 7) is 0. The molecule has 1 heterocycles. The average Bonchev–Trinajstić information content (AvgIpc) is 2.82. The van der Waals surface area contributed by atoms with Gasteiger partial charge in [-0.25, -0.2) is 0 Å². The summed E-state index contributed by atoms with van der Waals surface area (Å²) in [5.41, 5.74) is -0.930. The molecule has 1 aromatic rings. The lowest BCUT2D eigenvalue weighted by molar-refractivity contribution is 0.0811. The molecule has 1 saturated carbocycles. The van der Waals surface area contributed by atoms with E-state index in [0.29, 0.717) is 16.1 Å². The molecule has 19 heavy (non-hydrogen) atoms. The van der Waals surface area contributed by atoms with E-state index < -0.39 is 11.2 Å². The molecule has 4 heteroatoms. The van der Waals surface area contributed by atoms with E-state index in [1.807, 2.05) is 12.2 Å². The van der Waals surface area contributed by atoms with Crippen LogP contribution in [0.5, 0.6) is 0 Å². The summed E-state index contributed by atoms with van der Waals surface area (Å²) in [4.78, 5) is 25.5. The van der Waals surface area contributed by atoms with Gasteiger partial charge in [-0.05, 0) is 24.6 Å². The molecule has 3 aliphatic carbocycles. The molecular weight excluding hydrogens is 264 g/mol. The van der Waals surface area contributed by atoms with Crippen molar-refractivity contribution in [3.63, 3.8) is 0 Å². The van der Waals surface area contributed by atoms with E-state index in [1.165, 1.54) is 0 Å². The highest BCUT2D eigenvalue weighted by atomic mass is 35.5. The van der Waals surface area contributed by atoms with Crippen molar-refractivity contribution < 1.29 is 14.3 Å². The molecule has 1 saturated heterocycles. The average molecular weight is 273 g/mol. The number of fused-ring (bicyclic) bond motifs is 3. The molecule has 1 aliphatic heterocycles. The number of Topliss-reactive ketones (excluding diaryl/α,β-unsaturated/α-hetero) is 2. The molecule has 2 bridgehead atoms. The number of rotatable bonds is 0. The summed E-state index contributed by atoms with van der Waals surface area (Å²) in [7, 11) is 0. The standard InChI is InChI=1S/C15H9ClO3/c16-9-3-4-10-11(6-9)13(18)15-8-2-1-7(5-8)14(15,19-15)12(10)17/h1-4,6-8H,5H2. The summed E-state index contributed by atoms with van der Waals surface area (Å²) in [6, 6.07) is 4.89. The van der Waals surface area contributed by atoms with E-state index in [4.69, 9.17) is 16.3 Å². The Morgan fingerprint density at radius 1 is 1.05 bits per heavy atom. The number of benzene rings is 1. The first-order chi connectivity index (χ1) is 9.11. The van der Waals surface area contributed by atoms with Gasteiger partial charge in [0, 0.05) is 28.0 Å². The first kappa shape index (κ1) is 10.4. The second kappa shape index (κ2) is 2.69. The SMILES string of the molecule is O=C1c2ccc(Cl)cc2C(=O)C23OC12C1C=CC3C1. The van der Waals surface area contributed by atoms with Crippen LogP contribution in [0.1, 0.15) is 27.1 Å². The third-order valence-corrected chi connectivity index (χ3v) is 5.34. The van der Waals surface area contributed by atoms with E-state index in [2.05, 4.69) is 0 Å². The van der Waals surface area contributed by atoms with Crippen LogP contribution in [0.4, 0.5) is 0 Å². The number of hydrogen-bond donors (Lipinski definition) is 0. The second-order valence-electron chi connectivity index (χ2n) is 5.76. The molecule has 0 amide bonds. The van der Waals surface area contributed by atoms with Gasteiger partial charge in [-0.2, -0.15) is 0 Å². The van der Waals surface area contributed by atoms with Crippen molar-refractivity contribution >= 4 is 23.2 Å². The van der Waals surface area contributed by atoms with Crippen LogP contribution in [-0.2, 0) is 4.74 Å². The number of hydrogen-bond acceptors (Lipinski definition) is 3. The van der Waals surface area contributed by atoms with E-state index >= 15 is 0 Å². The van der Waals surface area contributed by atoms with Crippen LogP contribution in [0.2, 0.25) is 5.02 Å². The molecule has 1 aromatic carbocycles. The molecule has 4 aliphatic rings. The summed E-state index contributed by atoms with van der Waals surface area (Å²) in [6.07, 6.45) is 4.90. The van der Waals surface area contributed by atoms with Crippen LogP contribution < -0.4 is 0 Å². The van der Waals surface area contributed by atoms with Crippen molar-refractivity contribution in [2.24, 2.45) is 11.8 Å². The van der Waals surface area contributed by atoms with E-state index in [-0.39, 0.29) is 23.4 Å². The lowest BCUT2D eigenvalue weighted by Crippen LogP contribution is -2.47. The van der Waals surface area contributed by atoms with E-state index in [9.17, 15) is 9.59 Å². The zero-order valence-electron chi connectivity index (χ0n) is 9.85. The number of ketones is 2. The van der Waals surface area contributed by atoms with Crippen molar-refractivity contribution in [2.75, 3.05) is 0 Å². The van der Waals surface area contributed by atoms with Gasteiger partial charge in [-0.1, -0.05) is 23.8 Å². The monoisotopic (exact) mass is 272 g/mol. The first-order valence-corrected chi connectivity index (χ1v) is 6.77. The van der Waals surface area contributed by atoms with Crippen LogP contribution >= 0.6 is 11.6 Å². The third-order valence-electron chi connectivity index (χ3n) is 5.11. The molecule has 0 spiro atoms. The zero-order valence-corrected chi connectivity index (χ0v) is 10.6. The maximum Gasteiger partial charge on any atom is 0.199 e. The number of carbonyl (C=O) groups is 2. The largest absolute Gasteiger partial charge is 0.344 e. The molecule has 5 rings (SSSR count). The number of ether oxygens (including phenoxy) is 1. The molecule has 2 fully saturated rings. The quantitative estimate of drug-likeness (QED) is 0.538. The Morgan fingerprint density at radius 2 is 1.68 bits per heavy atom. The molecule has 4 unspecified atom stereocenters. The smallest absolute Gasteiger partial charge is 0.199 e. The van der Waals surface area contributed by atoms with Crippen molar-refractivity contribution in [3.05, 3.63) is 46.5 Å². The van der Waals surface area contributed by atoms with Crippen LogP contribution in [0.15, 0.2) is 30.4 Å². The third kappa shape index (κ3) is 0.815. The highest BCUT2D eigenvalue weighted by Crippen LogP contribution is 2.72. The Morgan fingerprint density at radius 3 is 2.37 bits per heavy atom. The van der Waals surface area contributed by atoms with Crippen LogP contribution in [0.3, 0.4) is 0 Å². The van der Waals surface area contributed by atoms with E-state index in [0.717, 1.165) is 6.42 Å². The van der Waals surface area contributed by atoms with Crippen molar-refractivity contribution in [3.8, 4) is 0 Å². The van der Waals surface area contributed by atoms with Gasteiger partial charge in [-0.3, -0.25) is 9.59 Å². The molecule has 0 aromatic heterocycles. The van der Waals surface area contributed by atoms with Gasteiger partial charge >= 0.3 is 0 Å². The molecule has 3 nitrogen and oxygen atoms in total. The fourth-order valence-corrected chi connectivity index (χ4v) is 4.47. The fraction of sp³-hybridized carbons (Fsp3) is 0.333. The summed E-state index contributed by atoms with van der Waals surface area (Å²) in [5, 5.41) is 0.475. The van der Waals surface area contributed by atoms with Crippen molar-refractivity contribution in [1.82, 2.24) is 0 Å². The van der Waals surface area contributed by atoms with Gasteiger partial charge in [0.15, 0.2) is 22.8 Å². The lowest BCUT2D eigenvalue weighted by atomic mass is 9.69. The first-order valence-electron chi connectivity index (χ1n) is 6.39. The maximum atomic E-state index is 12.8.